The molecular weight excluding hydrogens is 450 g/mol. The first kappa shape index (κ1) is 25.3. The third-order valence-corrected chi connectivity index (χ3v) is 5.27. The van der Waals surface area contributed by atoms with Gasteiger partial charge in [0.2, 0.25) is 5.91 Å². The number of aryl methyl sites for hydroxylation is 1. The van der Waals surface area contributed by atoms with Crippen LogP contribution in [0, 0.1) is 6.92 Å². The van der Waals surface area contributed by atoms with Crippen molar-refractivity contribution in [2.24, 2.45) is 4.99 Å². The first-order valence-electron chi connectivity index (χ1n) is 11.1. The second-order valence-corrected chi connectivity index (χ2v) is 8.96. The maximum absolute atomic E-state index is 10.0. The Bertz CT molecular complexity index is 1220. The molecule has 1 aromatic heterocycles. The van der Waals surface area contributed by atoms with Crippen molar-refractivity contribution in [1.82, 2.24) is 20.1 Å². The zero-order valence-corrected chi connectivity index (χ0v) is 20.9. The van der Waals surface area contributed by atoms with Crippen LogP contribution in [-0.4, -0.2) is 43.6 Å². The molecule has 2 N–H and O–H groups in total. The van der Waals surface area contributed by atoms with Gasteiger partial charge in [0, 0.05) is 29.6 Å². The van der Waals surface area contributed by atoms with Crippen LogP contribution in [0.15, 0.2) is 53.5 Å². The fraction of sp³-hybridized carbons (Fsp3) is 0.308. The van der Waals surface area contributed by atoms with E-state index in [2.05, 4.69) is 27.6 Å². The number of aliphatic hydroxyl groups is 1. The van der Waals surface area contributed by atoms with E-state index in [4.69, 9.17) is 16.6 Å². The van der Waals surface area contributed by atoms with Gasteiger partial charge in [-0.15, -0.1) is 10.2 Å². The molecule has 3 aromatic rings. The Labute approximate surface area is 205 Å². The maximum Gasteiger partial charge on any atom is 0.216 e. The quantitative estimate of drug-likeness (QED) is 0.576. The van der Waals surface area contributed by atoms with Crippen molar-refractivity contribution in [3.05, 3.63) is 81.9 Å². The number of aromatic nitrogens is 3. The minimum Gasteiger partial charge on any atom is -0.386 e. The van der Waals surface area contributed by atoms with E-state index < -0.39 is 5.60 Å². The lowest BCUT2D eigenvalue weighted by atomic mass is 9.97. The Morgan fingerprint density at radius 1 is 1.21 bits per heavy atom. The van der Waals surface area contributed by atoms with Crippen LogP contribution in [0.25, 0.3) is 11.8 Å². The van der Waals surface area contributed by atoms with Gasteiger partial charge in [-0.05, 0) is 57.5 Å². The van der Waals surface area contributed by atoms with Crippen molar-refractivity contribution in [1.29, 1.82) is 0 Å². The van der Waals surface area contributed by atoms with E-state index >= 15 is 0 Å². The van der Waals surface area contributed by atoms with Crippen LogP contribution in [-0.2, 0) is 11.3 Å². The largest absolute Gasteiger partial charge is 0.386 e. The SMILES string of the molecule is CCNC(C)=O.Cc1nnc2n1-c1ccc(/C=C/C(C)(C)O)cc1C(c1ccc(Cl)cc1)=NC2. The molecule has 34 heavy (non-hydrogen) atoms. The third-order valence-electron chi connectivity index (χ3n) is 5.01. The number of amides is 1. The minimum atomic E-state index is -0.877. The van der Waals surface area contributed by atoms with Crippen molar-refractivity contribution >= 4 is 29.3 Å². The molecule has 2 heterocycles. The summed E-state index contributed by atoms with van der Waals surface area (Å²) in [7, 11) is 0. The molecule has 1 amide bonds. The highest BCUT2D eigenvalue weighted by Crippen LogP contribution is 2.28. The van der Waals surface area contributed by atoms with E-state index in [-0.39, 0.29) is 5.91 Å². The lowest BCUT2D eigenvalue weighted by Crippen LogP contribution is -2.18. The number of nitrogens with one attached hydrogen (secondary N) is 1. The van der Waals surface area contributed by atoms with E-state index in [9.17, 15) is 9.90 Å². The van der Waals surface area contributed by atoms with Crippen LogP contribution in [0.3, 0.4) is 0 Å². The van der Waals surface area contributed by atoms with Crippen LogP contribution in [0.4, 0.5) is 0 Å². The number of fused-ring (bicyclic) bond motifs is 3. The molecule has 1 aliphatic rings. The zero-order valence-electron chi connectivity index (χ0n) is 20.1. The summed E-state index contributed by atoms with van der Waals surface area (Å²) in [6, 6.07) is 13.8. The highest BCUT2D eigenvalue weighted by atomic mass is 35.5. The summed E-state index contributed by atoms with van der Waals surface area (Å²) in [4.78, 5) is 14.8. The van der Waals surface area contributed by atoms with Crippen molar-refractivity contribution in [3.8, 4) is 5.69 Å². The Morgan fingerprint density at radius 3 is 2.50 bits per heavy atom. The van der Waals surface area contributed by atoms with Crippen LogP contribution in [0.5, 0.6) is 0 Å². The molecule has 7 nitrogen and oxygen atoms in total. The van der Waals surface area contributed by atoms with Gasteiger partial charge in [0.15, 0.2) is 5.82 Å². The van der Waals surface area contributed by atoms with Crippen LogP contribution in [0.1, 0.15) is 56.0 Å². The van der Waals surface area contributed by atoms with Gasteiger partial charge in [0.05, 0.1) is 17.0 Å². The molecule has 0 atom stereocenters. The molecule has 2 aromatic carbocycles. The number of rotatable bonds is 4. The first-order chi connectivity index (χ1) is 16.1. The highest BCUT2D eigenvalue weighted by molar-refractivity contribution is 6.30. The molecule has 0 spiro atoms. The van der Waals surface area contributed by atoms with Gasteiger partial charge in [-0.2, -0.15) is 0 Å². The monoisotopic (exact) mass is 479 g/mol. The molecule has 8 heteroatoms. The maximum atomic E-state index is 10.0. The number of aliphatic imine (C=N–C) groups is 1. The fourth-order valence-corrected chi connectivity index (χ4v) is 3.63. The summed E-state index contributed by atoms with van der Waals surface area (Å²) in [5.41, 5.74) is 3.96. The smallest absolute Gasteiger partial charge is 0.216 e. The summed E-state index contributed by atoms with van der Waals surface area (Å²) in [5, 5.41) is 21.8. The summed E-state index contributed by atoms with van der Waals surface area (Å²) in [6.07, 6.45) is 3.70. The van der Waals surface area contributed by atoms with Gasteiger partial charge in [-0.3, -0.25) is 14.4 Å². The van der Waals surface area contributed by atoms with Gasteiger partial charge in [0.1, 0.15) is 12.4 Å². The van der Waals surface area contributed by atoms with Gasteiger partial charge < -0.3 is 10.4 Å². The molecular formula is C26H30ClN5O2. The summed E-state index contributed by atoms with van der Waals surface area (Å²) in [5.74, 6) is 1.67. The molecule has 0 saturated heterocycles. The second kappa shape index (κ2) is 10.8. The Morgan fingerprint density at radius 2 is 1.91 bits per heavy atom. The predicted molar refractivity (Wildman–Crippen MR) is 137 cm³/mol. The number of benzene rings is 2. The van der Waals surface area contributed by atoms with Crippen molar-refractivity contribution in [2.45, 2.75) is 46.8 Å². The Hall–Kier alpha value is -3.29. The average Bonchev–Trinajstić information content (AvgIpc) is 3.05. The number of hydrogen-bond donors (Lipinski definition) is 2. The molecule has 1 aliphatic heterocycles. The van der Waals surface area contributed by atoms with Crippen molar-refractivity contribution in [3.63, 3.8) is 0 Å². The lowest BCUT2D eigenvalue weighted by Gasteiger charge is -2.14. The summed E-state index contributed by atoms with van der Waals surface area (Å²) >= 11 is 6.07. The normalized spacial score (nSPS) is 12.7. The van der Waals surface area contributed by atoms with E-state index in [0.717, 1.165) is 46.3 Å². The van der Waals surface area contributed by atoms with Gasteiger partial charge in [-0.1, -0.05) is 42.0 Å². The van der Waals surface area contributed by atoms with Crippen LogP contribution in [0.2, 0.25) is 5.02 Å². The van der Waals surface area contributed by atoms with Crippen molar-refractivity contribution in [2.75, 3.05) is 6.54 Å². The molecule has 0 bridgehead atoms. The standard InChI is InChI=1S/C22H21ClN4O.C4H9NO/c1-14-25-26-20-13-24-21(16-5-7-17(23)8-6-16)18-12-15(10-11-22(2,3)28)4-9-19(18)27(14)20;1-3-5-4(2)6/h4-12,28H,13H2,1-3H3;3H2,1-2H3,(H,5,6)/b11-10+;. The van der Waals surface area contributed by atoms with Gasteiger partial charge >= 0.3 is 0 Å². The Kier molecular flexibility index (Phi) is 8.02. The molecule has 4 rings (SSSR count). The Balaban J connectivity index is 0.000000481. The molecule has 0 saturated carbocycles. The molecule has 0 unspecified atom stereocenters. The number of hydrogen-bond acceptors (Lipinski definition) is 5. The summed E-state index contributed by atoms with van der Waals surface area (Å²) < 4.78 is 2.05. The second-order valence-electron chi connectivity index (χ2n) is 8.52. The van der Waals surface area contributed by atoms with Gasteiger partial charge in [-0.25, -0.2) is 0 Å². The topological polar surface area (TPSA) is 92.4 Å². The first-order valence-corrected chi connectivity index (χ1v) is 11.5. The third kappa shape index (κ3) is 6.40. The zero-order chi connectivity index (χ0) is 24.9. The minimum absolute atomic E-state index is 0.0394. The van der Waals surface area contributed by atoms with E-state index in [0.29, 0.717) is 11.6 Å². The predicted octanol–water partition coefficient (Wildman–Crippen LogP) is 4.51. The number of carbonyl (C=O) groups is 1. The fourth-order valence-electron chi connectivity index (χ4n) is 3.50. The number of carbonyl (C=O) groups excluding carboxylic acids is 1. The molecule has 0 radical (unpaired) electrons. The molecule has 0 fully saturated rings. The average molecular weight is 480 g/mol. The van der Waals surface area contributed by atoms with E-state index in [1.807, 2.05) is 54.8 Å². The van der Waals surface area contributed by atoms with E-state index in [1.165, 1.54) is 6.92 Å². The number of nitrogens with zero attached hydrogens (tertiary/aromatic N) is 4. The van der Waals surface area contributed by atoms with Crippen LogP contribution < -0.4 is 5.32 Å². The highest BCUT2D eigenvalue weighted by Gasteiger charge is 2.22. The van der Waals surface area contributed by atoms with Gasteiger partial charge in [0.25, 0.3) is 0 Å². The van der Waals surface area contributed by atoms with Crippen molar-refractivity contribution < 1.29 is 9.90 Å². The van der Waals surface area contributed by atoms with E-state index in [1.54, 1.807) is 19.9 Å². The molecule has 178 valence electrons. The molecule has 0 aliphatic carbocycles. The summed E-state index contributed by atoms with van der Waals surface area (Å²) in [6.45, 7) is 10.0. The number of halogens is 1. The van der Waals surface area contributed by atoms with Crippen LogP contribution >= 0.6 is 11.6 Å². The lowest BCUT2D eigenvalue weighted by molar-refractivity contribution is -0.118.